The molecule has 1 atom stereocenters. The lowest BCUT2D eigenvalue weighted by molar-refractivity contribution is 0.0834. The Hall–Kier alpha value is -1.01. The van der Waals surface area contributed by atoms with Gasteiger partial charge in [-0.3, -0.25) is 0 Å². The molecule has 126 valence electrons. The molecule has 1 aromatic carbocycles. The van der Waals surface area contributed by atoms with Crippen LogP contribution in [0.3, 0.4) is 0 Å². The second-order valence-corrected chi connectivity index (χ2v) is 5.07. The molecule has 0 bridgehead atoms. The quantitative estimate of drug-likeness (QED) is 0.854. The van der Waals surface area contributed by atoms with Crippen molar-refractivity contribution in [3.63, 3.8) is 0 Å². The molecule has 7 heteroatoms. The molecular weight excluding hydrogens is 325 g/mol. The average molecular weight is 350 g/mol. The van der Waals surface area contributed by atoms with Crippen molar-refractivity contribution in [1.29, 1.82) is 0 Å². The van der Waals surface area contributed by atoms with Crippen LogP contribution in [-0.2, 0) is 11.3 Å². The molecule has 0 saturated carbocycles. The summed E-state index contributed by atoms with van der Waals surface area (Å²) in [6.45, 7) is 3.21. The lowest BCUT2D eigenvalue weighted by Gasteiger charge is -2.32. The summed E-state index contributed by atoms with van der Waals surface area (Å²) in [6.07, 6.45) is 1.86. The highest BCUT2D eigenvalue weighted by Gasteiger charge is 2.24. The van der Waals surface area contributed by atoms with Gasteiger partial charge in [0.15, 0.2) is 0 Å². The number of carbonyl (C=O) groups is 1. The van der Waals surface area contributed by atoms with Gasteiger partial charge in [-0.1, -0.05) is 30.3 Å². The number of nitrogens with one attached hydrogen (secondary N) is 1. The van der Waals surface area contributed by atoms with Crippen molar-refractivity contribution in [2.75, 3.05) is 26.2 Å². The SMILES string of the molecule is Cl.Cl.NCCNC1CCCN(C(=O)OCc2ccccc2)C1. The summed E-state index contributed by atoms with van der Waals surface area (Å²) in [6, 6.07) is 10.1. The van der Waals surface area contributed by atoms with Crippen LogP contribution in [0, 0.1) is 0 Å². The van der Waals surface area contributed by atoms with E-state index < -0.39 is 0 Å². The first-order valence-corrected chi connectivity index (χ1v) is 7.18. The summed E-state index contributed by atoms with van der Waals surface area (Å²) < 4.78 is 5.35. The van der Waals surface area contributed by atoms with Crippen LogP contribution in [0.25, 0.3) is 0 Å². The second kappa shape index (κ2) is 11.5. The van der Waals surface area contributed by atoms with Crippen LogP contribution in [0.4, 0.5) is 4.79 Å². The summed E-state index contributed by atoms with van der Waals surface area (Å²) in [5.74, 6) is 0. The number of ether oxygens (including phenoxy) is 1. The van der Waals surface area contributed by atoms with Crippen molar-refractivity contribution < 1.29 is 9.53 Å². The molecule has 1 aliphatic heterocycles. The third kappa shape index (κ3) is 6.83. The van der Waals surface area contributed by atoms with Gasteiger partial charge in [0.2, 0.25) is 0 Å². The zero-order chi connectivity index (χ0) is 14.2. The zero-order valence-corrected chi connectivity index (χ0v) is 14.2. The summed E-state index contributed by atoms with van der Waals surface area (Å²) in [5.41, 5.74) is 6.49. The number of nitrogens with zero attached hydrogens (tertiary/aromatic N) is 1. The van der Waals surface area contributed by atoms with Gasteiger partial charge in [0, 0.05) is 32.2 Å². The maximum Gasteiger partial charge on any atom is 0.410 e. The van der Waals surface area contributed by atoms with Crippen LogP contribution in [0.15, 0.2) is 30.3 Å². The number of nitrogens with two attached hydrogens (primary N) is 1. The van der Waals surface area contributed by atoms with Gasteiger partial charge < -0.3 is 20.7 Å². The van der Waals surface area contributed by atoms with Gasteiger partial charge >= 0.3 is 6.09 Å². The van der Waals surface area contributed by atoms with Gasteiger partial charge in [-0.15, -0.1) is 24.8 Å². The van der Waals surface area contributed by atoms with Crippen molar-refractivity contribution in [3.05, 3.63) is 35.9 Å². The van der Waals surface area contributed by atoms with Crippen LogP contribution in [0.1, 0.15) is 18.4 Å². The minimum absolute atomic E-state index is 0. The third-order valence-corrected chi connectivity index (χ3v) is 3.46. The largest absolute Gasteiger partial charge is 0.445 e. The van der Waals surface area contributed by atoms with Gasteiger partial charge in [-0.2, -0.15) is 0 Å². The number of piperidine rings is 1. The van der Waals surface area contributed by atoms with E-state index >= 15 is 0 Å². The fraction of sp³-hybridized carbons (Fsp3) is 0.533. The van der Waals surface area contributed by atoms with Gasteiger partial charge in [-0.05, 0) is 18.4 Å². The molecular formula is C15H25Cl2N3O2. The maximum absolute atomic E-state index is 12.0. The van der Waals surface area contributed by atoms with Crippen LogP contribution >= 0.6 is 24.8 Å². The van der Waals surface area contributed by atoms with E-state index in [4.69, 9.17) is 10.5 Å². The van der Waals surface area contributed by atoms with E-state index in [1.54, 1.807) is 4.90 Å². The summed E-state index contributed by atoms with van der Waals surface area (Å²) >= 11 is 0. The molecule has 1 aromatic rings. The Morgan fingerprint density at radius 1 is 1.32 bits per heavy atom. The van der Waals surface area contributed by atoms with E-state index in [-0.39, 0.29) is 30.9 Å². The molecule has 1 unspecified atom stereocenters. The van der Waals surface area contributed by atoms with E-state index in [1.165, 1.54) is 0 Å². The van der Waals surface area contributed by atoms with Crippen molar-refractivity contribution in [1.82, 2.24) is 10.2 Å². The van der Waals surface area contributed by atoms with Gasteiger partial charge in [0.1, 0.15) is 6.61 Å². The molecule has 0 aliphatic carbocycles. The fourth-order valence-corrected chi connectivity index (χ4v) is 2.41. The Labute approximate surface area is 144 Å². The standard InChI is InChI=1S/C15H23N3O2.2ClH/c16-8-9-17-14-7-4-10-18(11-14)15(19)20-12-13-5-2-1-3-6-13;;/h1-3,5-6,14,17H,4,7-12,16H2;2*1H. The predicted molar refractivity (Wildman–Crippen MR) is 92.8 cm³/mol. The predicted octanol–water partition coefficient (Wildman–Crippen LogP) is 2.18. The van der Waals surface area contributed by atoms with Crippen molar-refractivity contribution >= 4 is 30.9 Å². The second-order valence-electron chi connectivity index (χ2n) is 5.07. The molecule has 22 heavy (non-hydrogen) atoms. The average Bonchev–Trinajstić information content (AvgIpc) is 2.52. The highest BCUT2D eigenvalue weighted by Crippen LogP contribution is 2.12. The van der Waals surface area contributed by atoms with Crippen molar-refractivity contribution in [2.24, 2.45) is 5.73 Å². The van der Waals surface area contributed by atoms with Crippen LogP contribution in [0.2, 0.25) is 0 Å². The minimum Gasteiger partial charge on any atom is -0.445 e. The Kier molecular flexibility index (Phi) is 11.0. The topological polar surface area (TPSA) is 67.6 Å². The molecule has 1 aliphatic rings. The third-order valence-electron chi connectivity index (χ3n) is 3.46. The Balaban J connectivity index is 0.00000220. The number of carbonyl (C=O) groups excluding carboxylic acids is 1. The van der Waals surface area contributed by atoms with Gasteiger partial charge in [0.25, 0.3) is 0 Å². The number of likely N-dealkylation sites (tertiary alicyclic amines) is 1. The first kappa shape index (κ1) is 21.0. The highest BCUT2D eigenvalue weighted by molar-refractivity contribution is 5.85. The van der Waals surface area contributed by atoms with E-state index in [2.05, 4.69) is 5.32 Å². The number of benzene rings is 1. The monoisotopic (exact) mass is 349 g/mol. The smallest absolute Gasteiger partial charge is 0.410 e. The van der Waals surface area contributed by atoms with Crippen molar-refractivity contribution in [3.8, 4) is 0 Å². The van der Waals surface area contributed by atoms with E-state index in [1.807, 2.05) is 30.3 Å². The number of hydrogen-bond donors (Lipinski definition) is 2. The maximum atomic E-state index is 12.0. The molecule has 1 amide bonds. The summed E-state index contributed by atoms with van der Waals surface area (Å²) in [7, 11) is 0. The first-order chi connectivity index (χ1) is 9.79. The normalized spacial score (nSPS) is 17.1. The summed E-state index contributed by atoms with van der Waals surface area (Å²) in [5, 5.41) is 3.36. The Morgan fingerprint density at radius 3 is 2.73 bits per heavy atom. The number of hydrogen-bond acceptors (Lipinski definition) is 4. The molecule has 3 N–H and O–H groups in total. The van der Waals surface area contributed by atoms with E-state index in [0.29, 0.717) is 25.7 Å². The van der Waals surface area contributed by atoms with Crippen LogP contribution in [0.5, 0.6) is 0 Å². The lowest BCUT2D eigenvalue weighted by Crippen LogP contribution is -2.49. The van der Waals surface area contributed by atoms with Gasteiger partial charge in [-0.25, -0.2) is 4.79 Å². The zero-order valence-electron chi connectivity index (χ0n) is 12.6. The molecule has 1 saturated heterocycles. The first-order valence-electron chi connectivity index (χ1n) is 7.18. The van der Waals surface area contributed by atoms with Crippen molar-refractivity contribution in [2.45, 2.75) is 25.5 Å². The molecule has 1 heterocycles. The number of halogens is 2. The fourth-order valence-electron chi connectivity index (χ4n) is 2.41. The number of amides is 1. The Bertz CT molecular complexity index is 421. The van der Waals surface area contributed by atoms with Gasteiger partial charge in [0.05, 0.1) is 0 Å². The molecule has 0 spiro atoms. The number of rotatable bonds is 5. The van der Waals surface area contributed by atoms with E-state index in [9.17, 15) is 4.79 Å². The van der Waals surface area contributed by atoms with Crippen LogP contribution < -0.4 is 11.1 Å². The Morgan fingerprint density at radius 2 is 2.05 bits per heavy atom. The minimum atomic E-state index is -0.229. The highest BCUT2D eigenvalue weighted by atomic mass is 35.5. The summed E-state index contributed by atoms with van der Waals surface area (Å²) in [4.78, 5) is 13.8. The van der Waals surface area contributed by atoms with E-state index in [0.717, 1.165) is 31.5 Å². The molecule has 1 fully saturated rings. The molecule has 0 radical (unpaired) electrons. The molecule has 0 aromatic heterocycles. The van der Waals surface area contributed by atoms with Crippen LogP contribution in [-0.4, -0.2) is 43.2 Å². The lowest BCUT2D eigenvalue weighted by atomic mass is 10.1. The molecule has 2 rings (SSSR count). The molecule has 5 nitrogen and oxygen atoms in total.